The highest BCUT2D eigenvalue weighted by Gasteiger charge is 2.19. The fourth-order valence-corrected chi connectivity index (χ4v) is 2.60. The quantitative estimate of drug-likeness (QED) is 0.743. The van der Waals surface area contributed by atoms with Crippen molar-refractivity contribution in [1.29, 1.82) is 0 Å². The van der Waals surface area contributed by atoms with E-state index in [1.807, 2.05) is 28.8 Å². The number of thioether (sulfide) groups is 1. The van der Waals surface area contributed by atoms with Crippen LogP contribution in [0.2, 0.25) is 0 Å². The average Bonchev–Trinajstić information content (AvgIpc) is 3.06. The third kappa shape index (κ3) is 2.89. The zero-order chi connectivity index (χ0) is 14.8. The van der Waals surface area contributed by atoms with Crippen LogP contribution in [-0.4, -0.2) is 30.9 Å². The molecule has 0 saturated heterocycles. The minimum absolute atomic E-state index is 0.177. The zero-order valence-corrected chi connectivity index (χ0v) is 12.3. The Kier molecular flexibility index (Phi) is 3.61. The van der Waals surface area contributed by atoms with Crippen LogP contribution in [0.5, 0.6) is 0 Å². The van der Waals surface area contributed by atoms with Gasteiger partial charge in [0, 0.05) is 12.3 Å². The summed E-state index contributed by atoms with van der Waals surface area (Å²) in [6, 6.07) is 7.31. The van der Waals surface area contributed by atoms with Gasteiger partial charge in [-0.25, -0.2) is 0 Å². The van der Waals surface area contributed by atoms with E-state index in [1.54, 1.807) is 19.9 Å². The first-order chi connectivity index (χ1) is 10.1. The van der Waals surface area contributed by atoms with E-state index in [0.717, 1.165) is 5.65 Å². The normalized spacial score (nSPS) is 12.5. The molecule has 0 radical (unpaired) electrons. The van der Waals surface area contributed by atoms with Crippen molar-refractivity contribution in [2.24, 2.45) is 0 Å². The predicted molar refractivity (Wildman–Crippen MR) is 78.2 cm³/mol. The number of hydrogen-bond acceptors (Lipinski definition) is 6. The van der Waals surface area contributed by atoms with Crippen LogP contribution < -0.4 is 5.32 Å². The smallest absolute Gasteiger partial charge is 0.240 e. The van der Waals surface area contributed by atoms with Gasteiger partial charge < -0.3 is 4.52 Å². The van der Waals surface area contributed by atoms with Gasteiger partial charge in [-0.3, -0.25) is 14.5 Å². The lowest BCUT2D eigenvalue weighted by atomic mass is 10.4. The van der Waals surface area contributed by atoms with Crippen molar-refractivity contribution >= 4 is 29.2 Å². The van der Waals surface area contributed by atoms with Crippen LogP contribution in [0, 0.1) is 6.92 Å². The first-order valence-electron chi connectivity index (χ1n) is 6.34. The highest BCUT2D eigenvalue weighted by Crippen LogP contribution is 2.23. The van der Waals surface area contributed by atoms with Gasteiger partial charge in [-0.05, 0) is 26.0 Å². The summed E-state index contributed by atoms with van der Waals surface area (Å²) < 4.78 is 6.81. The van der Waals surface area contributed by atoms with Gasteiger partial charge in [0.25, 0.3) is 0 Å². The first-order valence-corrected chi connectivity index (χ1v) is 7.22. The van der Waals surface area contributed by atoms with Crippen molar-refractivity contribution in [3.8, 4) is 0 Å². The molecular weight excluding hydrogens is 290 g/mol. The summed E-state index contributed by atoms with van der Waals surface area (Å²) in [5, 5.41) is 14.9. The maximum Gasteiger partial charge on any atom is 0.240 e. The van der Waals surface area contributed by atoms with E-state index in [1.165, 1.54) is 11.8 Å². The Morgan fingerprint density at radius 1 is 1.43 bits per heavy atom. The molecular formula is C13H13N5O2S. The number of rotatable bonds is 4. The second-order valence-electron chi connectivity index (χ2n) is 4.49. The van der Waals surface area contributed by atoms with Crippen molar-refractivity contribution in [1.82, 2.24) is 19.8 Å². The summed E-state index contributed by atoms with van der Waals surface area (Å²) >= 11 is 1.33. The van der Waals surface area contributed by atoms with Gasteiger partial charge in [0.1, 0.15) is 0 Å². The number of aromatic nitrogens is 4. The van der Waals surface area contributed by atoms with Gasteiger partial charge in [0.15, 0.2) is 10.8 Å². The predicted octanol–water partition coefficient (Wildman–Crippen LogP) is 2.15. The van der Waals surface area contributed by atoms with Crippen LogP contribution in [-0.2, 0) is 4.79 Å². The second kappa shape index (κ2) is 5.57. The van der Waals surface area contributed by atoms with Crippen LogP contribution in [0.1, 0.15) is 12.6 Å². The number of carbonyl (C=O) groups is 1. The van der Waals surface area contributed by atoms with Gasteiger partial charge in [-0.1, -0.05) is 23.0 Å². The summed E-state index contributed by atoms with van der Waals surface area (Å²) in [6.45, 7) is 3.59. The van der Waals surface area contributed by atoms with Crippen molar-refractivity contribution in [2.75, 3.05) is 5.32 Å². The molecule has 3 aromatic heterocycles. The molecule has 0 aromatic carbocycles. The van der Waals surface area contributed by atoms with Gasteiger partial charge >= 0.3 is 0 Å². The number of carbonyl (C=O) groups excluding carboxylic acids is 1. The summed E-state index contributed by atoms with van der Waals surface area (Å²) in [5.74, 6) is 0.167. The topological polar surface area (TPSA) is 85.3 Å². The number of anilines is 1. The summed E-state index contributed by atoms with van der Waals surface area (Å²) in [6.07, 6.45) is 1.86. The molecule has 0 fully saturated rings. The molecule has 3 aromatic rings. The zero-order valence-electron chi connectivity index (χ0n) is 11.5. The SMILES string of the molecule is Cc1cc(NC(=O)C(C)Sc2nnc3ccccn23)on1. The Morgan fingerprint density at radius 3 is 3.05 bits per heavy atom. The number of nitrogens with zero attached hydrogens (tertiary/aromatic N) is 4. The van der Waals surface area contributed by atoms with E-state index >= 15 is 0 Å². The molecule has 7 nitrogen and oxygen atoms in total. The lowest BCUT2D eigenvalue weighted by Crippen LogP contribution is -2.22. The minimum atomic E-state index is -0.344. The molecule has 1 unspecified atom stereocenters. The first kappa shape index (κ1) is 13.6. The van der Waals surface area contributed by atoms with E-state index < -0.39 is 0 Å². The molecule has 1 amide bonds. The Morgan fingerprint density at radius 2 is 2.29 bits per heavy atom. The number of fused-ring (bicyclic) bond motifs is 1. The number of pyridine rings is 1. The number of amides is 1. The average molecular weight is 303 g/mol. The van der Waals surface area contributed by atoms with Crippen LogP contribution in [0.15, 0.2) is 40.1 Å². The van der Waals surface area contributed by atoms with Crippen LogP contribution in [0.3, 0.4) is 0 Å². The molecule has 3 heterocycles. The maximum atomic E-state index is 12.1. The number of nitrogens with one attached hydrogen (secondary N) is 1. The molecule has 0 aliphatic carbocycles. The Labute approximate surface area is 124 Å². The Bertz CT molecular complexity index is 782. The van der Waals surface area contributed by atoms with Crippen molar-refractivity contribution in [3.05, 3.63) is 36.2 Å². The largest absolute Gasteiger partial charge is 0.338 e. The molecule has 0 aliphatic rings. The fourth-order valence-electron chi connectivity index (χ4n) is 1.76. The van der Waals surface area contributed by atoms with E-state index in [2.05, 4.69) is 20.7 Å². The second-order valence-corrected chi connectivity index (χ2v) is 5.80. The molecule has 3 rings (SSSR count). The molecule has 1 atom stereocenters. The Balaban J connectivity index is 1.70. The molecule has 0 saturated carbocycles. The molecule has 0 aliphatic heterocycles. The van der Waals surface area contributed by atoms with Gasteiger partial charge in [0.05, 0.1) is 10.9 Å². The standard InChI is InChI=1S/C13H13N5O2S/c1-8-7-11(20-17-8)14-12(19)9(2)21-13-16-15-10-5-3-4-6-18(10)13/h3-7,9H,1-2H3,(H,14,19). The highest BCUT2D eigenvalue weighted by atomic mass is 32.2. The van der Waals surface area contributed by atoms with Gasteiger partial charge in [-0.15, -0.1) is 10.2 Å². The van der Waals surface area contributed by atoms with E-state index in [9.17, 15) is 4.79 Å². The van der Waals surface area contributed by atoms with Crippen LogP contribution in [0.25, 0.3) is 5.65 Å². The van der Waals surface area contributed by atoms with Crippen molar-refractivity contribution in [2.45, 2.75) is 24.3 Å². The summed E-state index contributed by atoms with van der Waals surface area (Å²) in [5.41, 5.74) is 1.47. The van der Waals surface area contributed by atoms with E-state index in [0.29, 0.717) is 16.7 Å². The number of aryl methyl sites for hydroxylation is 1. The molecule has 108 valence electrons. The third-order valence-corrected chi connectivity index (χ3v) is 3.87. The summed E-state index contributed by atoms with van der Waals surface area (Å²) in [4.78, 5) is 12.1. The summed E-state index contributed by atoms with van der Waals surface area (Å²) in [7, 11) is 0. The van der Waals surface area contributed by atoms with Gasteiger partial charge in [-0.2, -0.15) is 0 Å². The van der Waals surface area contributed by atoms with Crippen LogP contribution >= 0.6 is 11.8 Å². The van der Waals surface area contributed by atoms with E-state index in [-0.39, 0.29) is 11.2 Å². The van der Waals surface area contributed by atoms with Crippen LogP contribution in [0.4, 0.5) is 5.88 Å². The Hall–Kier alpha value is -2.35. The minimum Gasteiger partial charge on any atom is -0.338 e. The lowest BCUT2D eigenvalue weighted by Gasteiger charge is -2.08. The molecule has 0 bridgehead atoms. The van der Waals surface area contributed by atoms with Gasteiger partial charge in [0.2, 0.25) is 11.8 Å². The fraction of sp³-hybridized carbons (Fsp3) is 0.231. The van der Waals surface area contributed by atoms with Crippen molar-refractivity contribution < 1.29 is 9.32 Å². The number of hydrogen-bond donors (Lipinski definition) is 1. The third-order valence-electron chi connectivity index (χ3n) is 2.81. The molecule has 0 spiro atoms. The lowest BCUT2D eigenvalue weighted by molar-refractivity contribution is -0.115. The van der Waals surface area contributed by atoms with Crippen molar-refractivity contribution in [3.63, 3.8) is 0 Å². The molecule has 8 heteroatoms. The van der Waals surface area contributed by atoms with E-state index in [4.69, 9.17) is 4.52 Å². The maximum absolute atomic E-state index is 12.1. The molecule has 21 heavy (non-hydrogen) atoms. The monoisotopic (exact) mass is 303 g/mol. The highest BCUT2D eigenvalue weighted by molar-refractivity contribution is 8.00. The molecule has 1 N–H and O–H groups in total.